The van der Waals surface area contributed by atoms with Gasteiger partial charge in [0.2, 0.25) is 0 Å². The number of nitrogens with zero attached hydrogens (tertiary/aromatic N) is 1. The Morgan fingerprint density at radius 1 is 1.44 bits per heavy atom. The van der Waals surface area contributed by atoms with E-state index >= 15 is 0 Å². The first kappa shape index (κ1) is 15.2. The Morgan fingerprint density at radius 2 is 2.22 bits per heavy atom. The van der Waals surface area contributed by atoms with Gasteiger partial charge in [-0.2, -0.15) is 5.10 Å². The predicted molar refractivity (Wildman–Crippen MR) is 79.7 cm³/mol. The molecule has 0 spiro atoms. The molecule has 0 bridgehead atoms. The number of halogens is 2. The minimum Gasteiger partial charge on any atom is -0.383 e. The summed E-state index contributed by atoms with van der Waals surface area (Å²) in [6.45, 7) is 1.21. The molecule has 0 amide bonds. The van der Waals surface area contributed by atoms with Gasteiger partial charge in [-0.05, 0) is 29.9 Å². The molecule has 0 radical (unpaired) electrons. The molecule has 0 saturated heterocycles. The Labute approximate surface area is 121 Å². The lowest BCUT2D eigenvalue weighted by atomic mass is 10.2. The Balaban J connectivity index is 2.40. The second kappa shape index (κ2) is 8.26. The van der Waals surface area contributed by atoms with Gasteiger partial charge in [-0.3, -0.25) is 5.43 Å². The smallest absolute Gasteiger partial charge is 0.187 e. The molecule has 18 heavy (non-hydrogen) atoms. The average molecular weight is 306 g/mol. The van der Waals surface area contributed by atoms with Gasteiger partial charge in [0.15, 0.2) is 5.11 Å². The SMILES string of the molecule is COCCNC(=S)N/N=C/c1ccc(Cl)c(Cl)c1. The van der Waals surface area contributed by atoms with Crippen molar-refractivity contribution >= 4 is 46.7 Å². The van der Waals surface area contributed by atoms with Gasteiger partial charge in [0.1, 0.15) is 0 Å². The number of hydrazone groups is 1. The van der Waals surface area contributed by atoms with Crippen LogP contribution in [0.1, 0.15) is 5.56 Å². The summed E-state index contributed by atoms with van der Waals surface area (Å²) >= 11 is 16.7. The number of nitrogens with one attached hydrogen (secondary N) is 2. The van der Waals surface area contributed by atoms with Crippen molar-refractivity contribution in [2.75, 3.05) is 20.3 Å². The summed E-state index contributed by atoms with van der Waals surface area (Å²) in [5, 5.41) is 8.33. The largest absolute Gasteiger partial charge is 0.383 e. The van der Waals surface area contributed by atoms with Crippen molar-refractivity contribution in [2.45, 2.75) is 0 Å². The van der Waals surface area contributed by atoms with Crippen LogP contribution in [0, 0.1) is 0 Å². The van der Waals surface area contributed by atoms with Gasteiger partial charge in [0, 0.05) is 13.7 Å². The second-order valence-corrected chi connectivity index (χ2v) is 4.51. The Morgan fingerprint density at radius 3 is 2.89 bits per heavy atom. The standard InChI is InChI=1S/C11H13Cl2N3OS/c1-17-5-4-14-11(18)16-15-7-8-2-3-9(12)10(13)6-8/h2-3,6-7H,4-5H2,1H3,(H2,14,16,18)/b15-7+. The van der Waals surface area contributed by atoms with Crippen molar-refractivity contribution in [2.24, 2.45) is 5.10 Å². The topological polar surface area (TPSA) is 45.6 Å². The number of benzene rings is 1. The van der Waals surface area contributed by atoms with Gasteiger partial charge < -0.3 is 10.1 Å². The fraction of sp³-hybridized carbons (Fsp3) is 0.273. The molecule has 0 heterocycles. The first-order valence-corrected chi connectivity index (χ1v) is 6.31. The fourth-order valence-corrected chi connectivity index (χ4v) is 1.53. The van der Waals surface area contributed by atoms with Crippen LogP contribution in [0.25, 0.3) is 0 Å². The summed E-state index contributed by atoms with van der Waals surface area (Å²) in [6.07, 6.45) is 1.60. The molecule has 1 rings (SSSR count). The maximum absolute atomic E-state index is 5.87. The van der Waals surface area contributed by atoms with Crippen molar-refractivity contribution in [3.8, 4) is 0 Å². The maximum Gasteiger partial charge on any atom is 0.187 e. The normalized spacial score (nSPS) is 10.6. The van der Waals surface area contributed by atoms with Crippen molar-refractivity contribution in [3.05, 3.63) is 33.8 Å². The van der Waals surface area contributed by atoms with Crippen molar-refractivity contribution in [1.82, 2.24) is 10.7 Å². The monoisotopic (exact) mass is 305 g/mol. The number of hydrogen-bond donors (Lipinski definition) is 2. The van der Waals surface area contributed by atoms with Crippen molar-refractivity contribution < 1.29 is 4.74 Å². The third-order valence-corrected chi connectivity index (χ3v) is 2.89. The van der Waals surface area contributed by atoms with E-state index in [1.54, 1.807) is 31.5 Å². The first-order chi connectivity index (χ1) is 8.63. The highest BCUT2D eigenvalue weighted by Crippen LogP contribution is 2.21. The molecule has 0 saturated carbocycles. The number of thiocarbonyl (C=S) groups is 1. The second-order valence-electron chi connectivity index (χ2n) is 3.29. The minimum absolute atomic E-state index is 0.434. The van der Waals surface area contributed by atoms with E-state index in [2.05, 4.69) is 15.8 Å². The van der Waals surface area contributed by atoms with Gasteiger partial charge in [0.05, 0.1) is 22.9 Å². The molecule has 0 atom stereocenters. The van der Waals surface area contributed by atoms with Crippen LogP contribution in [0.15, 0.2) is 23.3 Å². The Bertz CT molecular complexity index is 440. The lowest BCUT2D eigenvalue weighted by Gasteiger charge is -2.05. The summed E-state index contributed by atoms with van der Waals surface area (Å²) in [7, 11) is 1.63. The van der Waals surface area contributed by atoms with Gasteiger partial charge in [-0.15, -0.1) is 0 Å². The molecular weight excluding hydrogens is 293 g/mol. The third kappa shape index (κ3) is 5.64. The Hall–Kier alpha value is -0.880. The summed E-state index contributed by atoms with van der Waals surface area (Å²) < 4.78 is 4.87. The lowest BCUT2D eigenvalue weighted by molar-refractivity contribution is 0.204. The van der Waals surface area contributed by atoms with E-state index in [0.717, 1.165) is 5.56 Å². The van der Waals surface area contributed by atoms with Crippen LogP contribution in [0.2, 0.25) is 10.0 Å². The average Bonchev–Trinajstić information content (AvgIpc) is 2.34. The van der Waals surface area contributed by atoms with Crippen LogP contribution in [0.3, 0.4) is 0 Å². The quantitative estimate of drug-likeness (QED) is 0.380. The van der Waals surface area contributed by atoms with Crippen LogP contribution in [0.5, 0.6) is 0 Å². The molecule has 2 N–H and O–H groups in total. The van der Waals surface area contributed by atoms with Crippen LogP contribution in [0.4, 0.5) is 0 Å². The van der Waals surface area contributed by atoms with Gasteiger partial charge in [-0.25, -0.2) is 0 Å². The van der Waals surface area contributed by atoms with Crippen LogP contribution < -0.4 is 10.7 Å². The molecule has 98 valence electrons. The van der Waals surface area contributed by atoms with Crippen LogP contribution in [-0.2, 0) is 4.74 Å². The molecule has 0 aliphatic carbocycles. The highest BCUT2D eigenvalue weighted by molar-refractivity contribution is 7.80. The fourth-order valence-electron chi connectivity index (χ4n) is 1.06. The molecule has 0 fully saturated rings. The number of methoxy groups -OCH3 is 1. The summed E-state index contributed by atoms with van der Waals surface area (Å²) in [5.41, 5.74) is 3.51. The third-order valence-electron chi connectivity index (χ3n) is 1.92. The minimum atomic E-state index is 0.434. The molecular formula is C11H13Cl2N3OS. The maximum atomic E-state index is 5.87. The Kier molecular flexibility index (Phi) is 6.97. The van der Waals surface area contributed by atoms with Gasteiger partial charge >= 0.3 is 0 Å². The molecule has 1 aromatic rings. The molecule has 4 nitrogen and oxygen atoms in total. The van der Waals surface area contributed by atoms with Gasteiger partial charge in [-0.1, -0.05) is 29.3 Å². The van der Waals surface area contributed by atoms with Crippen LogP contribution in [-0.4, -0.2) is 31.6 Å². The van der Waals surface area contributed by atoms with Crippen molar-refractivity contribution in [1.29, 1.82) is 0 Å². The first-order valence-electron chi connectivity index (χ1n) is 5.14. The van der Waals surface area contributed by atoms with Crippen LogP contribution >= 0.6 is 35.4 Å². The highest BCUT2D eigenvalue weighted by Gasteiger charge is 1.97. The van der Waals surface area contributed by atoms with E-state index in [1.165, 1.54) is 0 Å². The number of rotatable bonds is 5. The van der Waals surface area contributed by atoms with E-state index in [4.69, 9.17) is 40.2 Å². The zero-order valence-corrected chi connectivity index (χ0v) is 12.1. The molecule has 7 heteroatoms. The zero-order valence-electron chi connectivity index (χ0n) is 9.74. The summed E-state index contributed by atoms with van der Waals surface area (Å²) in [5.74, 6) is 0. The van der Waals surface area contributed by atoms with E-state index in [0.29, 0.717) is 28.3 Å². The predicted octanol–water partition coefficient (Wildman–Crippen LogP) is 2.44. The molecule has 1 aromatic carbocycles. The molecule has 0 aliphatic rings. The number of hydrogen-bond acceptors (Lipinski definition) is 3. The zero-order chi connectivity index (χ0) is 13.4. The molecule has 0 unspecified atom stereocenters. The van der Waals surface area contributed by atoms with E-state index in [9.17, 15) is 0 Å². The highest BCUT2D eigenvalue weighted by atomic mass is 35.5. The summed E-state index contributed by atoms with van der Waals surface area (Å²) in [6, 6.07) is 5.23. The lowest BCUT2D eigenvalue weighted by Crippen LogP contribution is -2.34. The van der Waals surface area contributed by atoms with Gasteiger partial charge in [0.25, 0.3) is 0 Å². The van der Waals surface area contributed by atoms with Crippen molar-refractivity contribution in [3.63, 3.8) is 0 Å². The van der Waals surface area contributed by atoms with E-state index in [-0.39, 0.29) is 0 Å². The van der Waals surface area contributed by atoms with E-state index < -0.39 is 0 Å². The summed E-state index contributed by atoms with van der Waals surface area (Å²) in [4.78, 5) is 0. The molecule has 0 aromatic heterocycles. The molecule has 0 aliphatic heterocycles. The number of ether oxygens (including phenoxy) is 1. The van der Waals surface area contributed by atoms with E-state index in [1.807, 2.05) is 0 Å².